The van der Waals surface area contributed by atoms with Gasteiger partial charge in [-0.25, -0.2) is 8.78 Å². The number of aryl methyl sites for hydroxylation is 1. The van der Waals surface area contributed by atoms with Gasteiger partial charge in [0, 0.05) is 22.9 Å². The summed E-state index contributed by atoms with van der Waals surface area (Å²) >= 11 is 3.19. The Morgan fingerprint density at radius 2 is 1.88 bits per heavy atom. The van der Waals surface area contributed by atoms with Crippen LogP contribution in [0.15, 0.2) is 28.7 Å². The smallest absolute Gasteiger partial charge is 0.229 e. The van der Waals surface area contributed by atoms with E-state index in [2.05, 4.69) is 26.6 Å². The minimum Gasteiger partial charge on any atom is -0.354 e. The fraction of sp³-hybridized carbons (Fsp3) is 0.263. The molecule has 2 rings (SSSR count). The normalized spacial score (nSPS) is 11.2. The molecule has 0 atom stereocenters. The zero-order chi connectivity index (χ0) is 19.6. The summed E-state index contributed by atoms with van der Waals surface area (Å²) in [6, 6.07) is 5.99. The predicted molar refractivity (Wildman–Crippen MR) is 104 cm³/mol. The van der Waals surface area contributed by atoms with Gasteiger partial charge in [0.2, 0.25) is 5.91 Å². The molecule has 0 unspecified atom stereocenters. The lowest BCUT2D eigenvalue weighted by Gasteiger charge is -2.20. The summed E-state index contributed by atoms with van der Waals surface area (Å²) < 4.78 is 28.3. The van der Waals surface area contributed by atoms with Gasteiger partial charge in [-0.1, -0.05) is 20.8 Å². The molecule has 0 aliphatic heterocycles. The molecule has 0 heterocycles. The molecule has 0 spiro atoms. The SMILES string of the molecule is Cc1cc(Nc2cc(C=N)c(NC(=O)C(C)(C)C)c(F)c2Br)ccc1F. The van der Waals surface area contributed by atoms with Crippen LogP contribution in [-0.2, 0) is 4.79 Å². The first-order valence-electron chi connectivity index (χ1n) is 7.91. The first-order valence-corrected chi connectivity index (χ1v) is 8.71. The maximum atomic E-state index is 14.8. The van der Waals surface area contributed by atoms with Crippen LogP contribution in [0.1, 0.15) is 31.9 Å². The molecule has 26 heavy (non-hydrogen) atoms. The molecule has 138 valence electrons. The molecule has 1 amide bonds. The molecule has 0 aliphatic carbocycles. The summed E-state index contributed by atoms with van der Waals surface area (Å²) in [5.74, 6) is -1.38. The molecule has 3 N–H and O–H groups in total. The second kappa shape index (κ2) is 7.53. The lowest BCUT2D eigenvalue weighted by atomic mass is 9.95. The Bertz CT molecular complexity index is 876. The van der Waals surface area contributed by atoms with Gasteiger partial charge in [-0.3, -0.25) is 4.79 Å². The largest absolute Gasteiger partial charge is 0.354 e. The number of benzene rings is 2. The average molecular weight is 424 g/mol. The molecule has 0 fully saturated rings. The Labute approximate surface area is 159 Å². The van der Waals surface area contributed by atoms with E-state index in [0.29, 0.717) is 16.9 Å². The minimum absolute atomic E-state index is 0.0624. The van der Waals surface area contributed by atoms with Gasteiger partial charge in [0.25, 0.3) is 0 Å². The van der Waals surface area contributed by atoms with Crippen molar-refractivity contribution in [3.63, 3.8) is 0 Å². The summed E-state index contributed by atoms with van der Waals surface area (Å²) in [4.78, 5) is 12.2. The summed E-state index contributed by atoms with van der Waals surface area (Å²) in [7, 11) is 0. The Balaban J connectivity index is 2.44. The average Bonchev–Trinajstić information content (AvgIpc) is 2.56. The standard InChI is InChI=1S/C19H20BrF2N3O/c1-10-7-12(5-6-13(10)21)24-14-8-11(9-23)17(16(22)15(14)20)25-18(26)19(2,3)4/h5-9,23-24H,1-4H3,(H,25,26). The third-order valence-corrected chi connectivity index (χ3v) is 4.52. The monoisotopic (exact) mass is 423 g/mol. The summed E-state index contributed by atoms with van der Waals surface area (Å²) in [6.45, 7) is 6.77. The Morgan fingerprint density at radius 3 is 2.42 bits per heavy atom. The molecular formula is C19H20BrF2N3O. The van der Waals surface area contributed by atoms with Crippen molar-refractivity contribution < 1.29 is 13.6 Å². The summed E-state index contributed by atoms with van der Waals surface area (Å²) in [5, 5.41) is 13.1. The lowest BCUT2D eigenvalue weighted by Crippen LogP contribution is -2.28. The predicted octanol–water partition coefficient (Wildman–Crippen LogP) is 5.76. The molecule has 0 aliphatic rings. The fourth-order valence-electron chi connectivity index (χ4n) is 2.16. The van der Waals surface area contributed by atoms with Crippen molar-refractivity contribution in [3.8, 4) is 0 Å². The van der Waals surface area contributed by atoms with Crippen LogP contribution in [0.5, 0.6) is 0 Å². The van der Waals surface area contributed by atoms with Crippen molar-refractivity contribution in [2.75, 3.05) is 10.6 Å². The van der Waals surface area contributed by atoms with Gasteiger partial charge >= 0.3 is 0 Å². The van der Waals surface area contributed by atoms with Crippen LogP contribution in [0, 0.1) is 29.4 Å². The van der Waals surface area contributed by atoms with E-state index in [1.54, 1.807) is 33.8 Å². The topological polar surface area (TPSA) is 65.0 Å². The zero-order valence-electron chi connectivity index (χ0n) is 14.9. The van der Waals surface area contributed by atoms with Crippen LogP contribution in [0.25, 0.3) is 0 Å². The molecule has 7 heteroatoms. The highest BCUT2D eigenvalue weighted by molar-refractivity contribution is 9.10. The zero-order valence-corrected chi connectivity index (χ0v) is 16.5. The number of nitrogens with one attached hydrogen (secondary N) is 3. The number of halogens is 3. The first kappa shape index (κ1) is 20.0. The van der Waals surface area contributed by atoms with Crippen LogP contribution in [0.4, 0.5) is 25.8 Å². The number of carbonyl (C=O) groups excluding carboxylic acids is 1. The fourth-order valence-corrected chi connectivity index (χ4v) is 2.57. The van der Waals surface area contributed by atoms with Crippen molar-refractivity contribution in [1.82, 2.24) is 0 Å². The Hall–Kier alpha value is -2.28. The van der Waals surface area contributed by atoms with Gasteiger partial charge in [-0.05, 0) is 52.7 Å². The number of hydrogen-bond acceptors (Lipinski definition) is 3. The number of carbonyl (C=O) groups is 1. The summed E-state index contributed by atoms with van der Waals surface area (Å²) in [5.41, 5.74) is 0.832. The molecule has 4 nitrogen and oxygen atoms in total. The van der Waals surface area contributed by atoms with Crippen molar-refractivity contribution in [1.29, 1.82) is 5.41 Å². The van der Waals surface area contributed by atoms with Crippen molar-refractivity contribution >= 4 is 45.1 Å². The van der Waals surface area contributed by atoms with Crippen LogP contribution < -0.4 is 10.6 Å². The summed E-state index contributed by atoms with van der Waals surface area (Å²) in [6.07, 6.45) is 0.967. The molecule has 0 saturated heterocycles. The van der Waals surface area contributed by atoms with E-state index in [-0.39, 0.29) is 27.4 Å². The molecule has 2 aromatic carbocycles. The number of amides is 1. The molecular weight excluding hydrogens is 404 g/mol. The second-order valence-corrected chi connectivity index (χ2v) is 7.75. The highest BCUT2D eigenvalue weighted by Gasteiger charge is 2.25. The van der Waals surface area contributed by atoms with Gasteiger partial charge in [-0.2, -0.15) is 0 Å². The van der Waals surface area contributed by atoms with Crippen LogP contribution in [-0.4, -0.2) is 12.1 Å². The molecule has 2 aromatic rings. The van der Waals surface area contributed by atoms with E-state index < -0.39 is 11.2 Å². The van der Waals surface area contributed by atoms with E-state index in [1.807, 2.05) is 0 Å². The molecule has 0 aromatic heterocycles. The third-order valence-electron chi connectivity index (χ3n) is 3.75. The van der Waals surface area contributed by atoms with Crippen molar-refractivity contribution in [2.45, 2.75) is 27.7 Å². The highest BCUT2D eigenvalue weighted by atomic mass is 79.9. The van der Waals surface area contributed by atoms with E-state index in [9.17, 15) is 13.6 Å². The molecule has 0 radical (unpaired) electrons. The van der Waals surface area contributed by atoms with Crippen molar-refractivity contribution in [3.05, 3.63) is 51.5 Å². The number of rotatable bonds is 4. The van der Waals surface area contributed by atoms with Gasteiger partial charge in [0.05, 0.1) is 15.8 Å². The Morgan fingerprint density at radius 1 is 1.23 bits per heavy atom. The van der Waals surface area contributed by atoms with Crippen LogP contribution in [0.3, 0.4) is 0 Å². The number of hydrogen-bond donors (Lipinski definition) is 3. The molecule has 0 bridgehead atoms. The highest BCUT2D eigenvalue weighted by Crippen LogP contribution is 2.36. The van der Waals surface area contributed by atoms with E-state index in [1.165, 1.54) is 18.2 Å². The van der Waals surface area contributed by atoms with Gasteiger partial charge in [0.15, 0.2) is 5.82 Å². The lowest BCUT2D eigenvalue weighted by molar-refractivity contribution is -0.123. The Kier molecular flexibility index (Phi) is 5.81. The van der Waals surface area contributed by atoms with Crippen LogP contribution >= 0.6 is 15.9 Å². The van der Waals surface area contributed by atoms with Gasteiger partial charge < -0.3 is 16.0 Å². The second-order valence-electron chi connectivity index (χ2n) is 6.95. The quantitative estimate of drug-likeness (QED) is 0.547. The maximum absolute atomic E-state index is 14.8. The minimum atomic E-state index is -0.708. The van der Waals surface area contributed by atoms with Crippen LogP contribution in [0.2, 0.25) is 0 Å². The van der Waals surface area contributed by atoms with E-state index in [0.717, 1.165) is 6.21 Å². The maximum Gasteiger partial charge on any atom is 0.229 e. The van der Waals surface area contributed by atoms with Crippen molar-refractivity contribution in [2.24, 2.45) is 5.41 Å². The third kappa shape index (κ3) is 4.27. The first-order chi connectivity index (χ1) is 12.0. The van der Waals surface area contributed by atoms with E-state index >= 15 is 0 Å². The molecule has 0 saturated carbocycles. The van der Waals surface area contributed by atoms with Gasteiger partial charge in [0.1, 0.15) is 5.82 Å². The van der Waals surface area contributed by atoms with Gasteiger partial charge in [-0.15, -0.1) is 0 Å². The number of anilines is 3. The van der Waals surface area contributed by atoms with E-state index in [4.69, 9.17) is 5.41 Å².